The van der Waals surface area contributed by atoms with Gasteiger partial charge in [0.15, 0.2) is 0 Å². The summed E-state index contributed by atoms with van der Waals surface area (Å²) in [6.07, 6.45) is 10.2. The molecule has 1 aliphatic rings. The lowest BCUT2D eigenvalue weighted by Crippen LogP contribution is -2.33. The number of alkyl carbamates (subject to hydrolysis) is 1. The Morgan fingerprint density at radius 3 is 1.34 bits per heavy atom. The number of benzene rings is 3. The highest BCUT2D eigenvalue weighted by Crippen LogP contribution is 2.48. The van der Waals surface area contributed by atoms with Crippen LogP contribution in [0.5, 0.6) is 0 Å². The summed E-state index contributed by atoms with van der Waals surface area (Å²) in [6.45, 7) is 14.7. The van der Waals surface area contributed by atoms with Crippen LogP contribution in [0.1, 0.15) is 174 Å². The summed E-state index contributed by atoms with van der Waals surface area (Å²) in [4.78, 5) is 93.7. The van der Waals surface area contributed by atoms with Gasteiger partial charge in [-0.3, -0.25) is 28.8 Å². The molecule has 3 aromatic rings. The summed E-state index contributed by atoms with van der Waals surface area (Å²) in [7, 11) is 0. The molecule has 3 aromatic carbocycles. The van der Waals surface area contributed by atoms with Crippen LogP contribution >= 0.6 is 11.8 Å². The molecule has 0 unspecified atom stereocenters. The van der Waals surface area contributed by atoms with Gasteiger partial charge >= 0.3 is 30.0 Å². The molecule has 7 N–H and O–H groups in total. The van der Waals surface area contributed by atoms with E-state index in [1.807, 2.05) is 66.7 Å². The number of imide groups is 1. The second-order valence-electron chi connectivity index (χ2n) is 19.6. The van der Waals surface area contributed by atoms with Crippen molar-refractivity contribution in [3.8, 4) is 0 Å². The number of nitrogens with one attached hydrogen (secondary N) is 2. The number of thioether (sulfide) groups is 1. The standard InChI is InChI=1S/C30H35NO3S.C13H25NO4.C8H11NO4.C8H17NO2/c1-2-24(29(33)34)14-12-13-22-31-28(32)21-23-35-30(25-15-6-3-7-16-25,26-17-8-4-9-18-26)27-19-10-5-11-20-27;1-5-10(11(15)16)8-6-7-9-14-12(17)18-13(2,3)4;1-2-3-8(12)13-9-6(10)4-5-7(9)11;1-2-7(8(10)11)5-3-4-6-9/h3-11,15-20,24H,2,12-14,21-23H2,1H3,(H,31,32)(H,33,34);10H,5-9H2,1-4H3,(H,14,17)(H,15,16);2-5H2,1H3;7H,2-6,9H2,1H3,(H,10,11)/t24-;10-;;7-/m00.0/s1. The van der Waals surface area contributed by atoms with Gasteiger partial charge in [0.2, 0.25) is 5.91 Å². The van der Waals surface area contributed by atoms with E-state index in [0.717, 1.165) is 51.4 Å². The first-order valence-corrected chi connectivity index (χ1v) is 28.2. The average Bonchev–Trinajstić information content (AvgIpc) is 3.71. The Labute approximate surface area is 461 Å². The van der Waals surface area contributed by atoms with Crippen molar-refractivity contribution in [3.05, 3.63) is 108 Å². The summed E-state index contributed by atoms with van der Waals surface area (Å²) in [5, 5.41) is 32.9. The molecule has 1 fully saturated rings. The molecule has 0 bridgehead atoms. The van der Waals surface area contributed by atoms with Crippen LogP contribution in [-0.4, -0.2) is 99.1 Å². The van der Waals surface area contributed by atoms with E-state index in [1.54, 1.807) is 11.8 Å². The second kappa shape index (κ2) is 39.1. The highest BCUT2D eigenvalue weighted by atomic mass is 32.2. The lowest BCUT2D eigenvalue weighted by Gasteiger charge is -2.35. The maximum absolute atomic E-state index is 12.6. The van der Waals surface area contributed by atoms with Crippen molar-refractivity contribution in [2.24, 2.45) is 23.5 Å². The van der Waals surface area contributed by atoms with Crippen molar-refractivity contribution < 1.29 is 63.3 Å². The molecule has 0 aromatic heterocycles. The smallest absolute Gasteiger partial charge is 0.407 e. The molecule has 4 amide bonds. The number of nitrogens with two attached hydrogens (primary N) is 1. The van der Waals surface area contributed by atoms with E-state index in [4.69, 9.17) is 25.8 Å². The molecule has 1 aliphatic heterocycles. The zero-order valence-electron chi connectivity index (χ0n) is 46.6. The monoisotopic (exact) mass is 1090 g/mol. The molecule has 0 spiro atoms. The minimum atomic E-state index is -0.738. The predicted octanol–water partition coefficient (Wildman–Crippen LogP) is 10.9. The molecule has 0 saturated carbocycles. The maximum Gasteiger partial charge on any atom is 0.407 e. The molecule has 1 saturated heterocycles. The van der Waals surface area contributed by atoms with E-state index in [1.165, 1.54) is 16.7 Å². The summed E-state index contributed by atoms with van der Waals surface area (Å²) >= 11 is 1.78. The number of hydroxylamine groups is 2. The lowest BCUT2D eigenvalue weighted by atomic mass is 9.84. The maximum atomic E-state index is 12.6. The molecule has 0 aliphatic carbocycles. The number of unbranched alkanes of at least 4 members (excludes halogenated alkanes) is 3. The Kier molecular flexibility index (Phi) is 34.9. The molecule has 18 heteroatoms. The molecule has 17 nitrogen and oxygen atoms in total. The molecule has 428 valence electrons. The molecule has 4 rings (SSSR count). The first kappa shape index (κ1) is 68.7. The van der Waals surface area contributed by atoms with Crippen molar-refractivity contribution >= 4 is 59.5 Å². The van der Waals surface area contributed by atoms with Crippen LogP contribution in [0.15, 0.2) is 91.0 Å². The first-order chi connectivity index (χ1) is 36.7. The van der Waals surface area contributed by atoms with Crippen molar-refractivity contribution in [2.45, 2.75) is 168 Å². The van der Waals surface area contributed by atoms with Crippen LogP contribution < -0.4 is 16.4 Å². The summed E-state index contributed by atoms with van der Waals surface area (Å²) in [6, 6.07) is 31.4. The molecule has 3 atom stereocenters. The van der Waals surface area contributed by atoms with Gasteiger partial charge < -0.3 is 41.3 Å². The number of amides is 4. The van der Waals surface area contributed by atoms with Gasteiger partial charge in [-0.05, 0) is 108 Å². The van der Waals surface area contributed by atoms with Gasteiger partial charge in [0.05, 0.1) is 22.5 Å². The quantitative estimate of drug-likeness (QED) is 0.0206. The van der Waals surface area contributed by atoms with Gasteiger partial charge in [0, 0.05) is 44.5 Å². The third-order valence-electron chi connectivity index (χ3n) is 12.3. The number of hydrogen-bond donors (Lipinski definition) is 6. The van der Waals surface area contributed by atoms with Gasteiger partial charge in [-0.2, -0.15) is 0 Å². The first-order valence-electron chi connectivity index (χ1n) is 27.2. The van der Waals surface area contributed by atoms with Gasteiger partial charge in [0.1, 0.15) is 5.60 Å². The van der Waals surface area contributed by atoms with Crippen LogP contribution in [0.3, 0.4) is 0 Å². The van der Waals surface area contributed by atoms with E-state index < -0.39 is 52.1 Å². The largest absolute Gasteiger partial charge is 0.481 e. The fourth-order valence-electron chi connectivity index (χ4n) is 7.97. The molecule has 1 heterocycles. The van der Waals surface area contributed by atoms with Crippen molar-refractivity contribution in [1.29, 1.82) is 0 Å². The highest BCUT2D eigenvalue weighted by Gasteiger charge is 2.37. The van der Waals surface area contributed by atoms with E-state index in [2.05, 4.69) is 88.3 Å². The zero-order valence-corrected chi connectivity index (χ0v) is 47.4. The normalized spacial score (nSPS) is 13.2. The average molecular weight is 1090 g/mol. The van der Waals surface area contributed by atoms with Crippen LogP contribution in [0.4, 0.5) is 4.79 Å². The number of aliphatic carboxylic acids is 3. The second-order valence-corrected chi connectivity index (χ2v) is 20.9. The fourth-order valence-corrected chi connectivity index (χ4v) is 9.47. The van der Waals surface area contributed by atoms with E-state index in [9.17, 15) is 38.4 Å². The molecule has 0 radical (unpaired) electrons. The summed E-state index contributed by atoms with van der Waals surface area (Å²) in [5.74, 6) is -3.57. The number of ether oxygens (including phenoxy) is 1. The van der Waals surface area contributed by atoms with Gasteiger partial charge in [0.25, 0.3) is 11.8 Å². The number of hydrogen-bond acceptors (Lipinski definition) is 12. The number of carbonyl (C=O) groups is 8. The molecular weight excluding hydrogens is 1000 g/mol. The Morgan fingerprint density at radius 2 is 0.987 bits per heavy atom. The Balaban J connectivity index is 0.000000587. The van der Waals surface area contributed by atoms with Crippen LogP contribution in [-0.2, 0) is 47.9 Å². The fraction of sp³-hybridized carbons (Fsp3) is 0.559. The van der Waals surface area contributed by atoms with Crippen LogP contribution in [0, 0.1) is 17.8 Å². The topological polar surface area (TPSA) is 269 Å². The number of carbonyl (C=O) groups excluding carboxylic acids is 5. The Morgan fingerprint density at radius 1 is 0.597 bits per heavy atom. The Bertz CT molecular complexity index is 2080. The molecular formula is C59H88N4O13S. The summed E-state index contributed by atoms with van der Waals surface area (Å²) < 4.78 is 4.66. The zero-order chi connectivity index (χ0) is 57.7. The minimum Gasteiger partial charge on any atom is -0.481 e. The molecule has 77 heavy (non-hydrogen) atoms. The number of nitrogens with zero attached hydrogens (tertiary/aromatic N) is 1. The third-order valence-corrected chi connectivity index (χ3v) is 13.9. The van der Waals surface area contributed by atoms with Gasteiger partial charge in [-0.15, -0.1) is 16.8 Å². The number of carboxylic acid groups (broad SMARTS) is 3. The highest BCUT2D eigenvalue weighted by molar-refractivity contribution is 8.00. The van der Waals surface area contributed by atoms with E-state index >= 15 is 0 Å². The van der Waals surface area contributed by atoms with Crippen molar-refractivity contribution in [3.63, 3.8) is 0 Å². The SMILES string of the molecule is CCCC(=O)ON1C(=O)CCC1=O.CC[C@@H](CCCCN)C(=O)O.CC[C@@H](CCCCNC(=O)CCSC(c1ccccc1)(c1ccccc1)c1ccccc1)C(=O)O.CC[C@@H](CCCCNC(=O)OC(C)(C)C)C(=O)O. The number of rotatable bonds is 30. The minimum absolute atomic E-state index is 0.0332. The van der Waals surface area contributed by atoms with Crippen molar-refractivity contribution in [2.75, 3.05) is 25.4 Å². The van der Waals surface area contributed by atoms with Crippen LogP contribution in [0.25, 0.3) is 0 Å². The lowest BCUT2D eigenvalue weighted by molar-refractivity contribution is -0.197. The van der Waals surface area contributed by atoms with E-state index in [-0.39, 0.29) is 42.9 Å². The van der Waals surface area contributed by atoms with Gasteiger partial charge in [-0.1, -0.05) is 138 Å². The van der Waals surface area contributed by atoms with E-state index in [0.29, 0.717) is 69.0 Å². The Hall–Kier alpha value is -6.27. The number of carboxylic acids is 3. The van der Waals surface area contributed by atoms with Crippen LogP contribution in [0.2, 0.25) is 0 Å². The van der Waals surface area contributed by atoms with Crippen molar-refractivity contribution in [1.82, 2.24) is 15.7 Å². The van der Waals surface area contributed by atoms with Gasteiger partial charge in [-0.25, -0.2) is 9.59 Å². The predicted molar refractivity (Wildman–Crippen MR) is 300 cm³/mol. The third kappa shape index (κ3) is 28.1. The summed E-state index contributed by atoms with van der Waals surface area (Å²) in [5.41, 5.74) is 8.36.